The van der Waals surface area contributed by atoms with Crippen LogP contribution in [0.5, 0.6) is 0 Å². The van der Waals surface area contributed by atoms with Gasteiger partial charge in [0.05, 0.1) is 11.5 Å². The normalized spacial score (nSPS) is 10.4. The van der Waals surface area contributed by atoms with E-state index in [2.05, 4.69) is 4.98 Å². The number of hydrogen-bond acceptors (Lipinski definition) is 5. The van der Waals surface area contributed by atoms with E-state index in [9.17, 15) is 14.9 Å². The molecule has 0 aliphatic carbocycles. The van der Waals surface area contributed by atoms with E-state index < -0.39 is 10.8 Å². The van der Waals surface area contributed by atoms with Crippen LogP contribution >= 0.6 is 0 Å². The quantitative estimate of drug-likeness (QED) is 0.522. The summed E-state index contributed by atoms with van der Waals surface area (Å²) < 4.78 is 5.54. The Labute approximate surface area is 143 Å². The number of para-hydroxylation sites is 1. The highest BCUT2D eigenvalue weighted by molar-refractivity contribution is 6.08. The maximum absolute atomic E-state index is 13.0. The van der Waals surface area contributed by atoms with Gasteiger partial charge in [-0.25, -0.2) is 4.98 Å². The Bertz CT molecular complexity index is 905. The number of nitro benzene ring substituents is 1. The van der Waals surface area contributed by atoms with Gasteiger partial charge in [0.25, 0.3) is 11.6 Å². The van der Waals surface area contributed by atoms with Crippen molar-refractivity contribution in [3.05, 3.63) is 88.0 Å². The molecule has 7 nitrogen and oxygen atoms in total. The first-order valence-electron chi connectivity index (χ1n) is 7.58. The van der Waals surface area contributed by atoms with Crippen LogP contribution in [-0.2, 0) is 6.54 Å². The number of furan rings is 1. The Kier molecular flexibility index (Phi) is 4.56. The second-order valence-corrected chi connectivity index (χ2v) is 5.37. The van der Waals surface area contributed by atoms with Gasteiger partial charge in [-0.1, -0.05) is 18.2 Å². The molecule has 2 aromatic heterocycles. The number of aromatic nitrogens is 1. The Morgan fingerprint density at radius 3 is 2.56 bits per heavy atom. The number of carbonyl (C=O) groups is 1. The van der Waals surface area contributed by atoms with Crippen molar-refractivity contribution in [1.82, 2.24) is 4.98 Å². The van der Waals surface area contributed by atoms with E-state index in [1.807, 2.05) is 0 Å². The Balaban J connectivity index is 2.02. The Morgan fingerprint density at radius 2 is 1.92 bits per heavy atom. The van der Waals surface area contributed by atoms with Gasteiger partial charge in [0.2, 0.25) is 0 Å². The molecule has 7 heteroatoms. The van der Waals surface area contributed by atoms with Crippen LogP contribution in [0.1, 0.15) is 21.9 Å². The summed E-state index contributed by atoms with van der Waals surface area (Å²) >= 11 is 0. The number of pyridine rings is 1. The zero-order valence-electron chi connectivity index (χ0n) is 13.5. The molecule has 1 aromatic carbocycles. The van der Waals surface area contributed by atoms with E-state index in [4.69, 9.17) is 4.42 Å². The Hall–Kier alpha value is -3.48. The molecular weight excluding hydrogens is 322 g/mol. The summed E-state index contributed by atoms with van der Waals surface area (Å²) in [6.07, 6.45) is 1.56. The fourth-order valence-electron chi connectivity index (χ4n) is 2.46. The summed E-state index contributed by atoms with van der Waals surface area (Å²) in [5.74, 6) is 1.16. The number of aryl methyl sites for hydroxylation is 1. The molecular formula is C18H15N3O4. The van der Waals surface area contributed by atoms with Gasteiger partial charge >= 0.3 is 0 Å². The summed E-state index contributed by atoms with van der Waals surface area (Å²) in [6, 6.07) is 14.6. The van der Waals surface area contributed by atoms with Crippen molar-refractivity contribution in [2.45, 2.75) is 13.5 Å². The SMILES string of the molecule is Cc1ccc(CN(C(=O)c2ccccc2[N+](=O)[O-])c2ccccn2)o1. The van der Waals surface area contributed by atoms with Gasteiger partial charge in [-0.2, -0.15) is 0 Å². The van der Waals surface area contributed by atoms with Crippen LogP contribution in [0, 0.1) is 17.0 Å². The third kappa shape index (κ3) is 3.55. The maximum atomic E-state index is 13.0. The van der Waals surface area contributed by atoms with Crippen LogP contribution in [0.3, 0.4) is 0 Å². The molecule has 1 amide bonds. The van der Waals surface area contributed by atoms with Gasteiger partial charge in [-0.15, -0.1) is 0 Å². The van der Waals surface area contributed by atoms with Crippen molar-refractivity contribution >= 4 is 17.4 Å². The van der Waals surface area contributed by atoms with Crippen molar-refractivity contribution in [3.8, 4) is 0 Å². The van der Waals surface area contributed by atoms with E-state index in [0.29, 0.717) is 17.3 Å². The molecule has 0 fully saturated rings. The molecule has 25 heavy (non-hydrogen) atoms. The van der Waals surface area contributed by atoms with Crippen LogP contribution in [0.4, 0.5) is 11.5 Å². The number of carbonyl (C=O) groups excluding carboxylic acids is 1. The highest BCUT2D eigenvalue weighted by Crippen LogP contribution is 2.24. The number of benzene rings is 1. The monoisotopic (exact) mass is 337 g/mol. The van der Waals surface area contributed by atoms with Crippen molar-refractivity contribution in [2.24, 2.45) is 0 Å². The van der Waals surface area contributed by atoms with Crippen LogP contribution in [0.2, 0.25) is 0 Å². The molecule has 0 saturated carbocycles. The third-order valence-electron chi connectivity index (χ3n) is 3.61. The van der Waals surface area contributed by atoms with E-state index in [-0.39, 0.29) is 17.8 Å². The molecule has 0 aliphatic heterocycles. The molecule has 126 valence electrons. The van der Waals surface area contributed by atoms with Gasteiger partial charge in [0.1, 0.15) is 22.9 Å². The number of rotatable bonds is 5. The molecule has 0 unspecified atom stereocenters. The molecule has 3 aromatic rings. The number of nitrogens with zero attached hydrogens (tertiary/aromatic N) is 3. The minimum Gasteiger partial charge on any atom is -0.464 e. The number of amides is 1. The standard InChI is InChI=1S/C18H15N3O4/c1-13-9-10-14(25-13)12-20(17-8-4-5-11-19-17)18(22)15-6-2-3-7-16(15)21(23)24/h2-11H,12H2,1H3. The van der Waals surface area contributed by atoms with Crippen molar-refractivity contribution < 1.29 is 14.1 Å². The minimum absolute atomic E-state index is 0.00133. The summed E-state index contributed by atoms with van der Waals surface area (Å²) in [5, 5.41) is 11.2. The largest absolute Gasteiger partial charge is 0.464 e. The molecule has 0 N–H and O–H groups in total. The molecule has 0 bridgehead atoms. The average Bonchev–Trinajstić information content (AvgIpc) is 3.05. The van der Waals surface area contributed by atoms with Crippen LogP contribution in [0.25, 0.3) is 0 Å². The predicted molar refractivity (Wildman–Crippen MR) is 91.3 cm³/mol. The lowest BCUT2D eigenvalue weighted by Crippen LogP contribution is -2.31. The van der Waals surface area contributed by atoms with Crippen molar-refractivity contribution in [2.75, 3.05) is 4.90 Å². The zero-order chi connectivity index (χ0) is 17.8. The summed E-state index contributed by atoms with van der Waals surface area (Å²) in [4.78, 5) is 29.3. The summed E-state index contributed by atoms with van der Waals surface area (Å²) in [7, 11) is 0. The highest BCUT2D eigenvalue weighted by Gasteiger charge is 2.26. The lowest BCUT2D eigenvalue weighted by atomic mass is 10.1. The van der Waals surface area contributed by atoms with Gasteiger partial charge in [0.15, 0.2) is 0 Å². The first kappa shape index (κ1) is 16.4. The second kappa shape index (κ2) is 6.96. The van der Waals surface area contributed by atoms with Gasteiger partial charge in [-0.3, -0.25) is 19.8 Å². The first-order chi connectivity index (χ1) is 12.1. The van der Waals surface area contributed by atoms with Crippen molar-refractivity contribution in [1.29, 1.82) is 0 Å². The number of nitro groups is 1. The smallest absolute Gasteiger partial charge is 0.282 e. The van der Waals surface area contributed by atoms with Crippen LogP contribution < -0.4 is 4.90 Å². The fraction of sp³-hybridized carbons (Fsp3) is 0.111. The van der Waals surface area contributed by atoms with E-state index in [1.165, 1.54) is 23.1 Å². The van der Waals surface area contributed by atoms with Crippen molar-refractivity contribution in [3.63, 3.8) is 0 Å². The average molecular weight is 337 g/mol. The first-order valence-corrected chi connectivity index (χ1v) is 7.58. The van der Waals surface area contributed by atoms with E-state index in [0.717, 1.165) is 0 Å². The summed E-state index contributed by atoms with van der Waals surface area (Å²) in [6.45, 7) is 1.92. The molecule has 0 spiro atoms. The highest BCUT2D eigenvalue weighted by atomic mass is 16.6. The third-order valence-corrected chi connectivity index (χ3v) is 3.61. The zero-order valence-corrected chi connectivity index (χ0v) is 13.5. The Morgan fingerprint density at radius 1 is 1.16 bits per heavy atom. The van der Waals surface area contributed by atoms with Gasteiger partial charge in [-0.05, 0) is 37.3 Å². The number of hydrogen-bond donors (Lipinski definition) is 0. The van der Waals surface area contributed by atoms with Crippen LogP contribution in [0.15, 0.2) is 65.2 Å². The minimum atomic E-state index is -0.569. The molecule has 0 saturated heterocycles. The lowest BCUT2D eigenvalue weighted by Gasteiger charge is -2.20. The molecule has 0 radical (unpaired) electrons. The molecule has 0 atom stereocenters. The molecule has 2 heterocycles. The second-order valence-electron chi connectivity index (χ2n) is 5.37. The maximum Gasteiger partial charge on any atom is 0.282 e. The lowest BCUT2D eigenvalue weighted by molar-refractivity contribution is -0.385. The fourth-order valence-corrected chi connectivity index (χ4v) is 2.46. The molecule has 0 aliphatic rings. The molecule has 3 rings (SSSR count). The van der Waals surface area contributed by atoms with Gasteiger partial charge in [0, 0.05) is 12.3 Å². The summed E-state index contributed by atoms with van der Waals surface area (Å²) in [5.41, 5.74) is -0.245. The topological polar surface area (TPSA) is 89.5 Å². The van der Waals surface area contributed by atoms with E-state index >= 15 is 0 Å². The van der Waals surface area contributed by atoms with Gasteiger partial charge < -0.3 is 4.42 Å². The predicted octanol–water partition coefficient (Wildman–Crippen LogP) is 3.74. The van der Waals surface area contributed by atoms with Crippen LogP contribution in [-0.4, -0.2) is 15.8 Å². The van der Waals surface area contributed by atoms with E-state index in [1.54, 1.807) is 49.5 Å². The number of anilines is 1.